The van der Waals surface area contributed by atoms with Crippen LogP contribution in [0.4, 0.5) is 18.9 Å². The number of Topliss-reactive ketones (excluding diaryl/α,β-unsaturated/α-hetero) is 1. The fourth-order valence-corrected chi connectivity index (χ4v) is 5.15. The van der Waals surface area contributed by atoms with Crippen molar-refractivity contribution in [2.45, 2.75) is 52.3 Å². The zero-order chi connectivity index (χ0) is 26.4. The second kappa shape index (κ2) is 13.3. The van der Waals surface area contributed by atoms with Crippen LogP contribution in [0.25, 0.3) is 11.3 Å². The smallest absolute Gasteiger partial charge is 0.369 e. The molecule has 1 aliphatic rings. The Morgan fingerprint density at radius 3 is 2.26 bits per heavy atom. The number of aromatic nitrogens is 1. The summed E-state index contributed by atoms with van der Waals surface area (Å²) in [5, 5.41) is 0. The molecule has 2 aromatic carbocycles. The van der Waals surface area contributed by atoms with E-state index >= 15 is 0 Å². The highest BCUT2D eigenvalue weighted by molar-refractivity contribution is 5.98. The van der Waals surface area contributed by atoms with E-state index in [0.29, 0.717) is 25.2 Å². The molecule has 4 rings (SSSR count). The van der Waals surface area contributed by atoms with Gasteiger partial charge >= 0.3 is 6.18 Å². The minimum absolute atomic E-state index is 0. The van der Waals surface area contributed by atoms with Crippen molar-refractivity contribution in [3.63, 3.8) is 0 Å². The molecule has 8 heteroatoms. The third-order valence-corrected chi connectivity index (χ3v) is 7.22. The van der Waals surface area contributed by atoms with Gasteiger partial charge in [0.05, 0.1) is 5.56 Å². The van der Waals surface area contributed by atoms with Gasteiger partial charge in [-0.3, -0.25) is 9.69 Å². The van der Waals surface area contributed by atoms with Crippen LogP contribution in [0, 0.1) is 6.92 Å². The summed E-state index contributed by atoms with van der Waals surface area (Å²) in [7, 11) is 0. The molecule has 0 aliphatic carbocycles. The van der Waals surface area contributed by atoms with Crippen molar-refractivity contribution in [2.24, 2.45) is 0 Å². The number of rotatable bonds is 10. The largest absolute Gasteiger partial charge is 0.416 e. The van der Waals surface area contributed by atoms with Gasteiger partial charge in [0.1, 0.15) is 0 Å². The SMILES string of the molecule is CCCn1c(-c2ccccc2)cc(C(=O)CCCCN2CCN(c3cccc(C(F)(F)F)c3)CC2)c1C.Cl. The van der Waals surface area contributed by atoms with E-state index < -0.39 is 11.7 Å². The minimum atomic E-state index is -4.32. The predicted octanol–water partition coefficient (Wildman–Crippen LogP) is 7.49. The quantitative estimate of drug-likeness (QED) is 0.194. The lowest BCUT2D eigenvalue weighted by Gasteiger charge is -2.36. The summed E-state index contributed by atoms with van der Waals surface area (Å²) in [5.74, 6) is 0.193. The highest BCUT2D eigenvalue weighted by Gasteiger charge is 2.31. The monoisotopic (exact) mass is 547 g/mol. The minimum Gasteiger partial charge on any atom is -0.369 e. The summed E-state index contributed by atoms with van der Waals surface area (Å²) in [6, 6.07) is 17.8. The first-order valence-electron chi connectivity index (χ1n) is 13.2. The van der Waals surface area contributed by atoms with Crippen molar-refractivity contribution < 1.29 is 18.0 Å². The Hall–Kier alpha value is -2.77. The summed E-state index contributed by atoms with van der Waals surface area (Å²) in [6.45, 7) is 8.99. The molecule has 0 N–H and O–H groups in total. The second-order valence-electron chi connectivity index (χ2n) is 9.80. The first kappa shape index (κ1) is 29.8. The zero-order valence-corrected chi connectivity index (χ0v) is 23.0. The van der Waals surface area contributed by atoms with Crippen molar-refractivity contribution in [1.82, 2.24) is 9.47 Å². The Kier molecular flexibility index (Phi) is 10.5. The molecule has 4 nitrogen and oxygen atoms in total. The number of anilines is 1. The number of halogens is 4. The highest BCUT2D eigenvalue weighted by Crippen LogP contribution is 2.32. The van der Waals surface area contributed by atoms with E-state index in [2.05, 4.69) is 34.6 Å². The molecule has 3 aromatic rings. The molecule has 0 saturated carbocycles. The summed E-state index contributed by atoms with van der Waals surface area (Å²) in [4.78, 5) is 17.5. The Morgan fingerprint density at radius 2 is 1.61 bits per heavy atom. The Morgan fingerprint density at radius 1 is 0.895 bits per heavy atom. The molecule has 0 bridgehead atoms. The fourth-order valence-electron chi connectivity index (χ4n) is 5.15. The van der Waals surface area contributed by atoms with Gasteiger partial charge in [-0.1, -0.05) is 43.3 Å². The molecule has 0 amide bonds. The molecular weight excluding hydrogens is 511 g/mol. The second-order valence-corrected chi connectivity index (χ2v) is 9.80. The van der Waals surface area contributed by atoms with Gasteiger partial charge in [-0.2, -0.15) is 13.2 Å². The van der Waals surface area contributed by atoms with Gasteiger partial charge in [-0.15, -0.1) is 12.4 Å². The average molecular weight is 548 g/mol. The van der Waals surface area contributed by atoms with Crippen molar-refractivity contribution in [1.29, 1.82) is 0 Å². The van der Waals surface area contributed by atoms with Gasteiger partial charge in [-0.05, 0) is 62.6 Å². The lowest BCUT2D eigenvalue weighted by molar-refractivity contribution is -0.137. The van der Waals surface area contributed by atoms with Crippen molar-refractivity contribution >= 4 is 23.9 Å². The Balaban J connectivity index is 0.00000400. The predicted molar refractivity (Wildman–Crippen MR) is 150 cm³/mol. The molecule has 38 heavy (non-hydrogen) atoms. The van der Waals surface area contributed by atoms with Gasteiger partial charge in [0.25, 0.3) is 0 Å². The van der Waals surface area contributed by atoms with E-state index in [1.807, 2.05) is 30.0 Å². The number of carbonyl (C=O) groups is 1. The first-order valence-corrected chi connectivity index (χ1v) is 13.2. The number of benzene rings is 2. The summed E-state index contributed by atoms with van der Waals surface area (Å²) < 4.78 is 41.4. The van der Waals surface area contributed by atoms with Crippen molar-refractivity contribution in [3.8, 4) is 11.3 Å². The Bertz CT molecular complexity index is 1190. The molecule has 2 heterocycles. The summed E-state index contributed by atoms with van der Waals surface area (Å²) >= 11 is 0. The van der Waals surface area contributed by atoms with Crippen LogP contribution in [0.3, 0.4) is 0 Å². The third kappa shape index (κ3) is 7.20. The van der Waals surface area contributed by atoms with Crippen LogP contribution in [0.1, 0.15) is 54.2 Å². The lowest BCUT2D eigenvalue weighted by atomic mass is 10.0. The van der Waals surface area contributed by atoms with Gasteiger partial charge in [0, 0.05) is 61.8 Å². The number of carbonyl (C=O) groups excluding carboxylic acids is 1. The van der Waals surface area contributed by atoms with Gasteiger partial charge in [-0.25, -0.2) is 0 Å². The molecule has 1 saturated heterocycles. The standard InChI is InChI=1S/C30H36F3N3O.ClH/c1-3-15-36-23(2)27(22-28(36)24-10-5-4-6-11-24)29(37)14-7-8-16-34-17-19-35(20-18-34)26-13-9-12-25(21-26)30(31,32)33;/h4-6,9-13,21-22H,3,7-8,14-20H2,1-2H3;1H. The molecule has 0 atom stereocenters. The van der Waals surface area contributed by atoms with E-state index in [4.69, 9.17) is 0 Å². The molecule has 206 valence electrons. The van der Waals surface area contributed by atoms with Crippen molar-refractivity contribution in [3.05, 3.63) is 77.5 Å². The molecule has 1 aromatic heterocycles. The number of alkyl halides is 3. The van der Waals surface area contributed by atoms with Crippen LogP contribution < -0.4 is 4.90 Å². The van der Waals surface area contributed by atoms with E-state index in [0.717, 1.165) is 74.0 Å². The van der Waals surface area contributed by atoms with Crippen LogP contribution in [0.5, 0.6) is 0 Å². The maximum atomic E-state index is 13.1. The molecule has 0 unspecified atom stereocenters. The third-order valence-electron chi connectivity index (χ3n) is 7.22. The number of hydrogen-bond donors (Lipinski definition) is 0. The molecular formula is C30H37ClF3N3O. The number of ketones is 1. The maximum Gasteiger partial charge on any atom is 0.416 e. The number of unbranched alkanes of at least 4 members (excludes halogenated alkanes) is 1. The maximum absolute atomic E-state index is 13.1. The first-order chi connectivity index (χ1) is 17.8. The van der Waals surface area contributed by atoms with Crippen molar-refractivity contribution in [2.75, 3.05) is 37.6 Å². The highest BCUT2D eigenvalue weighted by atomic mass is 35.5. The number of hydrogen-bond acceptors (Lipinski definition) is 3. The lowest BCUT2D eigenvalue weighted by Crippen LogP contribution is -2.46. The van der Waals surface area contributed by atoms with Crippen LogP contribution in [-0.4, -0.2) is 48.0 Å². The number of nitrogens with zero attached hydrogens (tertiary/aromatic N) is 3. The molecule has 0 radical (unpaired) electrons. The van der Waals surface area contributed by atoms with E-state index in [-0.39, 0.29) is 18.2 Å². The Labute approximate surface area is 229 Å². The summed E-state index contributed by atoms with van der Waals surface area (Å²) in [6.07, 6.45) is -1.05. The normalized spacial score (nSPS) is 14.4. The van der Waals surface area contributed by atoms with Gasteiger partial charge < -0.3 is 9.47 Å². The van der Waals surface area contributed by atoms with Crippen LogP contribution >= 0.6 is 12.4 Å². The van der Waals surface area contributed by atoms with Crippen LogP contribution in [-0.2, 0) is 12.7 Å². The fraction of sp³-hybridized carbons (Fsp3) is 0.433. The van der Waals surface area contributed by atoms with Crippen LogP contribution in [0.2, 0.25) is 0 Å². The van der Waals surface area contributed by atoms with E-state index in [9.17, 15) is 18.0 Å². The van der Waals surface area contributed by atoms with E-state index in [1.165, 1.54) is 12.1 Å². The van der Waals surface area contributed by atoms with E-state index in [1.54, 1.807) is 6.07 Å². The van der Waals surface area contributed by atoms with Gasteiger partial charge in [0.2, 0.25) is 0 Å². The van der Waals surface area contributed by atoms with Crippen LogP contribution in [0.15, 0.2) is 60.7 Å². The molecule has 1 fully saturated rings. The zero-order valence-electron chi connectivity index (χ0n) is 22.1. The molecule has 0 spiro atoms. The van der Waals surface area contributed by atoms with Gasteiger partial charge in [0.15, 0.2) is 5.78 Å². The summed E-state index contributed by atoms with van der Waals surface area (Å²) in [5.41, 5.74) is 4.11. The number of piperazine rings is 1. The average Bonchev–Trinajstić information content (AvgIpc) is 3.23. The molecule has 1 aliphatic heterocycles. The topological polar surface area (TPSA) is 28.5 Å².